The van der Waals surface area contributed by atoms with Crippen molar-refractivity contribution in [2.24, 2.45) is 0 Å². The van der Waals surface area contributed by atoms with Crippen LogP contribution in [0, 0.1) is 13.8 Å². The van der Waals surface area contributed by atoms with Crippen molar-refractivity contribution in [2.45, 2.75) is 19.3 Å². The monoisotopic (exact) mass is 253 g/mol. The van der Waals surface area contributed by atoms with E-state index in [1.165, 1.54) is 12.8 Å². The Labute approximate surface area is 142 Å². The van der Waals surface area contributed by atoms with Gasteiger partial charge in [-0.2, -0.15) is 12.8 Å². The van der Waals surface area contributed by atoms with Crippen molar-refractivity contribution < 1.29 is 60.9 Å². The molecule has 0 unspecified atom stereocenters. The number of hydrogen-bond donors (Lipinski definition) is 1. The minimum atomic E-state index is -0.336. The Bertz CT molecular complexity index is 173. The van der Waals surface area contributed by atoms with Gasteiger partial charge in [0, 0.05) is 13.6 Å². The van der Waals surface area contributed by atoms with Gasteiger partial charge in [-0.1, -0.05) is 0 Å². The fourth-order valence-corrected chi connectivity index (χ4v) is 1.55. The molecule has 0 aromatic heterocycles. The molecule has 0 aliphatic carbocycles. The maximum Gasteiger partial charge on any atom is 1.00 e. The molecule has 1 heterocycles. The summed E-state index contributed by atoms with van der Waals surface area (Å²) in [6.07, 6.45) is 5.30. The number of nitrogens with zero attached hydrogens (tertiary/aromatic N) is 1. The van der Waals surface area contributed by atoms with Gasteiger partial charge in [-0.05, 0) is 19.5 Å². The zero-order valence-electron chi connectivity index (χ0n) is 10.8. The van der Waals surface area contributed by atoms with Gasteiger partial charge in [0.1, 0.15) is 0 Å². The van der Waals surface area contributed by atoms with E-state index in [0.29, 0.717) is 6.61 Å². The van der Waals surface area contributed by atoms with E-state index in [1.807, 2.05) is 0 Å². The molecule has 1 fully saturated rings. The number of carbonyl (C=O) groups is 1. The first kappa shape index (κ1) is 19.2. The molecule has 1 aliphatic heterocycles. The Morgan fingerprint density at radius 1 is 1.44 bits per heavy atom. The predicted octanol–water partition coefficient (Wildman–Crippen LogP) is -1.51. The number of carbonyl (C=O) groups excluding carboxylic acids is 1. The first-order valence-electron chi connectivity index (χ1n) is 5.21. The third kappa shape index (κ3) is 8.95. The number of hydrogen-bond acceptors (Lipinski definition) is 3. The number of rotatable bonds is 4. The molecule has 0 atom stereocenters. The Hall–Kier alpha value is 0.866. The molecular weight excluding hydrogens is 231 g/mol. The minimum Gasteiger partial charge on any atom is -0.450 e. The van der Waals surface area contributed by atoms with Gasteiger partial charge >= 0.3 is 57.5 Å². The Balaban J connectivity index is 0. The van der Waals surface area contributed by atoms with Crippen LogP contribution in [-0.2, 0) is 4.74 Å². The molecule has 1 aliphatic rings. The molecule has 16 heavy (non-hydrogen) atoms. The molecule has 0 aromatic carbocycles. The molecule has 5 heteroatoms. The van der Waals surface area contributed by atoms with E-state index < -0.39 is 0 Å². The summed E-state index contributed by atoms with van der Waals surface area (Å²) in [6.45, 7) is 3.85. The molecular formula is C11H22KN2O2-. The van der Waals surface area contributed by atoms with Crippen LogP contribution in [0.4, 0.5) is 4.79 Å². The first-order valence-corrected chi connectivity index (χ1v) is 5.21. The smallest absolute Gasteiger partial charge is 0.450 e. The second kappa shape index (κ2) is 12.3. The standard InChI is InChI=1S/C10H19N2O2.CH3.K/c1-11-10(13)14-9-5-8-12-6-3-2-4-7-12;;/h2H,3-9H2,1H3,(H,11,13);1H3;/q2*-1;+1. The summed E-state index contributed by atoms with van der Waals surface area (Å²) in [4.78, 5) is 13.1. The van der Waals surface area contributed by atoms with Gasteiger partial charge in [0.2, 0.25) is 0 Å². The van der Waals surface area contributed by atoms with Crippen LogP contribution in [0.15, 0.2) is 0 Å². The normalized spacial score (nSPS) is 15.6. The summed E-state index contributed by atoms with van der Waals surface area (Å²) in [6, 6.07) is 0. The van der Waals surface area contributed by atoms with Crippen LogP contribution < -0.4 is 56.7 Å². The quantitative estimate of drug-likeness (QED) is 0.376. The second-order valence-electron chi connectivity index (χ2n) is 3.45. The van der Waals surface area contributed by atoms with Crippen molar-refractivity contribution in [3.8, 4) is 0 Å². The van der Waals surface area contributed by atoms with Crippen molar-refractivity contribution in [3.05, 3.63) is 13.8 Å². The molecule has 1 N–H and O–H groups in total. The summed E-state index contributed by atoms with van der Waals surface area (Å²) >= 11 is 0. The Kier molecular flexibility index (Phi) is 14.8. The number of ether oxygens (including phenoxy) is 1. The van der Waals surface area contributed by atoms with Crippen LogP contribution >= 0.6 is 0 Å². The fourth-order valence-electron chi connectivity index (χ4n) is 1.55. The van der Waals surface area contributed by atoms with Crippen molar-refractivity contribution in [1.29, 1.82) is 0 Å². The van der Waals surface area contributed by atoms with E-state index in [9.17, 15) is 4.79 Å². The van der Waals surface area contributed by atoms with Crippen LogP contribution in [0.3, 0.4) is 0 Å². The van der Waals surface area contributed by atoms with Gasteiger partial charge in [-0.15, -0.1) is 0 Å². The number of piperidine rings is 1. The molecule has 0 saturated carbocycles. The number of nitrogens with one attached hydrogen (secondary N) is 1. The van der Waals surface area contributed by atoms with E-state index in [1.54, 1.807) is 7.05 Å². The summed E-state index contributed by atoms with van der Waals surface area (Å²) < 4.78 is 4.90. The number of alkyl carbamates (subject to hydrolysis) is 1. The van der Waals surface area contributed by atoms with Gasteiger partial charge in [-0.25, -0.2) is 4.79 Å². The van der Waals surface area contributed by atoms with Crippen LogP contribution in [0.25, 0.3) is 0 Å². The van der Waals surface area contributed by atoms with Crippen LogP contribution in [0.2, 0.25) is 0 Å². The number of likely N-dealkylation sites (tertiary alicyclic amines) is 1. The molecule has 1 rings (SSSR count). The van der Waals surface area contributed by atoms with Gasteiger partial charge < -0.3 is 28.8 Å². The average molecular weight is 253 g/mol. The third-order valence-electron chi connectivity index (χ3n) is 2.35. The van der Waals surface area contributed by atoms with Gasteiger partial charge in [0.25, 0.3) is 0 Å². The van der Waals surface area contributed by atoms with E-state index >= 15 is 0 Å². The van der Waals surface area contributed by atoms with Crippen LogP contribution in [0.5, 0.6) is 0 Å². The first-order chi connectivity index (χ1) is 6.83. The number of amides is 1. The topological polar surface area (TPSA) is 41.6 Å². The maximum atomic E-state index is 10.7. The predicted molar refractivity (Wildman–Crippen MR) is 61.4 cm³/mol. The van der Waals surface area contributed by atoms with Crippen molar-refractivity contribution >= 4 is 6.09 Å². The van der Waals surface area contributed by atoms with E-state index in [-0.39, 0.29) is 64.9 Å². The van der Waals surface area contributed by atoms with Crippen molar-refractivity contribution in [2.75, 3.05) is 33.3 Å². The second-order valence-corrected chi connectivity index (χ2v) is 3.45. The molecule has 90 valence electrons. The summed E-state index contributed by atoms with van der Waals surface area (Å²) in [5, 5.41) is 2.42. The average Bonchev–Trinajstić information content (AvgIpc) is 2.25. The van der Waals surface area contributed by atoms with E-state index in [2.05, 4.69) is 16.6 Å². The van der Waals surface area contributed by atoms with Crippen LogP contribution in [0.1, 0.15) is 19.3 Å². The molecule has 0 aromatic rings. The van der Waals surface area contributed by atoms with Crippen LogP contribution in [-0.4, -0.2) is 44.3 Å². The molecule has 0 bridgehead atoms. The Morgan fingerprint density at radius 2 is 2.06 bits per heavy atom. The van der Waals surface area contributed by atoms with Gasteiger partial charge in [-0.3, -0.25) is 0 Å². The third-order valence-corrected chi connectivity index (χ3v) is 2.35. The van der Waals surface area contributed by atoms with Crippen molar-refractivity contribution in [3.63, 3.8) is 0 Å². The van der Waals surface area contributed by atoms with E-state index in [0.717, 1.165) is 26.1 Å². The zero-order valence-corrected chi connectivity index (χ0v) is 13.9. The molecule has 1 amide bonds. The summed E-state index contributed by atoms with van der Waals surface area (Å²) in [5.41, 5.74) is 0. The van der Waals surface area contributed by atoms with Gasteiger partial charge in [0.15, 0.2) is 0 Å². The zero-order chi connectivity index (χ0) is 10.2. The molecule has 4 nitrogen and oxygen atoms in total. The molecule has 1 saturated heterocycles. The SMILES string of the molecule is CNC(=O)OCCCN1CC[CH-]CC1.[CH3-].[K+]. The minimum absolute atomic E-state index is 0. The van der Waals surface area contributed by atoms with Crippen molar-refractivity contribution in [1.82, 2.24) is 10.2 Å². The maximum absolute atomic E-state index is 10.7. The molecule has 0 radical (unpaired) electrons. The van der Waals surface area contributed by atoms with E-state index in [4.69, 9.17) is 4.74 Å². The largest absolute Gasteiger partial charge is 1.00 e. The molecule has 0 spiro atoms. The fraction of sp³-hybridized carbons (Fsp3) is 0.727. The summed E-state index contributed by atoms with van der Waals surface area (Å²) in [7, 11) is 1.57. The van der Waals surface area contributed by atoms with Gasteiger partial charge in [0.05, 0.1) is 6.61 Å². The Morgan fingerprint density at radius 3 is 2.62 bits per heavy atom. The summed E-state index contributed by atoms with van der Waals surface area (Å²) in [5.74, 6) is 0.